The van der Waals surface area contributed by atoms with Crippen molar-refractivity contribution in [2.75, 3.05) is 57.6 Å². The van der Waals surface area contributed by atoms with Crippen LogP contribution in [0.4, 0.5) is 17.5 Å². The summed E-state index contributed by atoms with van der Waals surface area (Å²) in [7, 11) is 0.779. The van der Waals surface area contributed by atoms with Gasteiger partial charge in [0.1, 0.15) is 10.8 Å². The predicted molar refractivity (Wildman–Crippen MR) is 147 cm³/mol. The van der Waals surface area contributed by atoms with Gasteiger partial charge in [0.25, 0.3) is 0 Å². The summed E-state index contributed by atoms with van der Waals surface area (Å²) in [6.45, 7) is 4.03. The molecule has 2 heterocycles. The first-order valence-corrected chi connectivity index (χ1v) is 14.4. The predicted octanol–water partition coefficient (Wildman–Crippen LogP) is 3.02. The van der Waals surface area contributed by atoms with Gasteiger partial charge in [0.15, 0.2) is 5.82 Å². The zero-order valence-corrected chi connectivity index (χ0v) is 23.1. The van der Waals surface area contributed by atoms with Crippen LogP contribution in [0, 0.1) is 5.92 Å². The van der Waals surface area contributed by atoms with Gasteiger partial charge in [-0.05, 0) is 54.9 Å². The molecule has 2 aliphatic rings. The first kappa shape index (κ1) is 27.8. The third-order valence-corrected chi connectivity index (χ3v) is 7.95. The molecular weight excluding hydrogens is 516 g/mol. The molecule has 4 rings (SSSR count). The van der Waals surface area contributed by atoms with Crippen molar-refractivity contribution >= 4 is 39.9 Å². The van der Waals surface area contributed by atoms with Crippen LogP contribution in [-0.2, 0) is 28.5 Å². The van der Waals surface area contributed by atoms with Gasteiger partial charge in [0.2, 0.25) is 16.8 Å². The summed E-state index contributed by atoms with van der Waals surface area (Å²) in [6.07, 6.45) is 7.49. The monoisotopic (exact) mass is 552 g/mol. The highest BCUT2D eigenvalue weighted by Gasteiger charge is 2.26. The van der Waals surface area contributed by atoms with Gasteiger partial charge in [-0.3, -0.25) is 0 Å². The number of aromatic nitrogens is 2. The number of nitrogens with one attached hydrogen (secondary N) is 3. The van der Waals surface area contributed by atoms with Crippen molar-refractivity contribution in [1.82, 2.24) is 19.6 Å². The zero-order valence-electron chi connectivity index (χ0n) is 21.5. The van der Waals surface area contributed by atoms with E-state index in [1.54, 1.807) is 20.4 Å². The number of halogens is 1. The number of hydrogen-bond donors (Lipinski definition) is 4. The van der Waals surface area contributed by atoms with E-state index in [0.717, 1.165) is 76.2 Å². The highest BCUT2D eigenvalue weighted by Crippen LogP contribution is 2.34. The molecule has 3 N–H and O–H groups in total. The Morgan fingerprint density at radius 2 is 1.89 bits per heavy atom. The Hall–Kier alpha value is -2.18. The molecule has 2 aromatic rings. The second kappa shape index (κ2) is 13.6. The molecule has 10 nitrogen and oxygen atoms in total. The highest BCUT2D eigenvalue weighted by atomic mass is 35.5. The Kier molecular flexibility index (Phi) is 10.2. The lowest BCUT2D eigenvalue weighted by Crippen LogP contribution is -2.38. The normalized spacial score (nSPS) is 20.3. The fraction of sp³-hybridized carbons (Fsp3) is 0.600. The summed E-state index contributed by atoms with van der Waals surface area (Å²) < 4.78 is 35.6. The summed E-state index contributed by atoms with van der Waals surface area (Å²) in [5.41, 5.74) is 3.38. The van der Waals surface area contributed by atoms with Crippen molar-refractivity contribution < 1.29 is 17.9 Å². The molecule has 204 valence electrons. The van der Waals surface area contributed by atoms with E-state index in [9.17, 15) is 8.42 Å². The molecule has 1 saturated carbocycles. The molecular formula is C25H37ClN6O4S. The maximum absolute atomic E-state index is 11.0. The van der Waals surface area contributed by atoms with E-state index in [4.69, 9.17) is 21.1 Å². The van der Waals surface area contributed by atoms with Gasteiger partial charge in [-0.25, -0.2) is 18.1 Å². The molecule has 1 fully saturated rings. The molecule has 0 bridgehead atoms. The van der Waals surface area contributed by atoms with Gasteiger partial charge in [0, 0.05) is 39.3 Å². The lowest BCUT2D eigenvalue weighted by Gasteiger charge is -2.32. The number of fused-ring (bicyclic) bond motifs is 1. The van der Waals surface area contributed by atoms with Gasteiger partial charge in [-0.1, -0.05) is 24.4 Å². The van der Waals surface area contributed by atoms with Gasteiger partial charge in [-0.15, -0.1) is 0 Å². The molecule has 0 amide bonds. The SMILES string of the molecule is COCCN1CCc2cc(Nc3ncc(Cl)c(N[C@@H]4CCCC[C@@H]4CN[SH](=O)=O)n3)c(OC)cc2CC1. The number of methoxy groups -OCH3 is 2. The van der Waals surface area contributed by atoms with Crippen LogP contribution in [0.15, 0.2) is 18.3 Å². The largest absolute Gasteiger partial charge is 0.495 e. The Labute approximate surface area is 225 Å². The maximum Gasteiger partial charge on any atom is 0.229 e. The van der Waals surface area contributed by atoms with E-state index in [1.165, 1.54) is 11.1 Å². The topological polar surface area (TPSA) is 118 Å². The van der Waals surface area contributed by atoms with Crippen LogP contribution in [0.3, 0.4) is 0 Å². The van der Waals surface area contributed by atoms with Crippen LogP contribution in [0.2, 0.25) is 5.02 Å². The molecule has 1 aliphatic heterocycles. The molecule has 0 saturated heterocycles. The fourth-order valence-electron chi connectivity index (χ4n) is 5.17. The molecule has 2 atom stereocenters. The smallest absolute Gasteiger partial charge is 0.229 e. The first-order valence-electron chi connectivity index (χ1n) is 12.8. The van der Waals surface area contributed by atoms with E-state index < -0.39 is 10.9 Å². The van der Waals surface area contributed by atoms with Crippen molar-refractivity contribution in [3.8, 4) is 5.75 Å². The number of rotatable bonds is 11. The average Bonchev–Trinajstić information content (AvgIpc) is 3.10. The van der Waals surface area contributed by atoms with Gasteiger partial charge >= 0.3 is 0 Å². The molecule has 0 spiro atoms. The summed E-state index contributed by atoms with van der Waals surface area (Å²) in [5, 5.41) is 7.19. The highest BCUT2D eigenvalue weighted by molar-refractivity contribution is 7.70. The molecule has 0 radical (unpaired) electrons. The standard InChI is InChI=1S/C25H37ClN6O4S/c1-35-12-11-32-9-7-17-13-22(23(36-2)14-18(17)8-10-32)30-25-27-16-20(26)24(31-25)29-21-6-4-3-5-19(21)15-28-37(33)34/h13-14,16,19,21,37H,3-12,15H2,1-2H3,(H,28,33,34)(H2,27,29,30,31)/t19-,21-/m1/s1. The van der Waals surface area contributed by atoms with Gasteiger partial charge in [0.05, 0.1) is 25.6 Å². The lowest BCUT2D eigenvalue weighted by atomic mass is 9.84. The van der Waals surface area contributed by atoms with Crippen LogP contribution >= 0.6 is 11.6 Å². The minimum atomic E-state index is -2.62. The van der Waals surface area contributed by atoms with Crippen LogP contribution in [0.1, 0.15) is 36.8 Å². The number of benzene rings is 1. The second-order valence-corrected chi connectivity index (χ2v) is 10.8. The van der Waals surface area contributed by atoms with Crippen LogP contribution in [0.25, 0.3) is 0 Å². The van der Waals surface area contributed by atoms with Gasteiger partial charge < -0.3 is 25.0 Å². The quantitative estimate of drug-likeness (QED) is 0.312. The van der Waals surface area contributed by atoms with E-state index in [1.807, 2.05) is 0 Å². The Morgan fingerprint density at radius 1 is 1.14 bits per heavy atom. The number of nitrogens with zero attached hydrogens (tertiary/aromatic N) is 3. The number of thiol groups is 1. The summed E-state index contributed by atoms with van der Waals surface area (Å²) in [5.74, 6) is 1.85. The van der Waals surface area contributed by atoms with E-state index >= 15 is 0 Å². The molecule has 1 aromatic carbocycles. The molecule has 12 heteroatoms. The fourth-order valence-corrected chi connectivity index (χ4v) is 5.70. The van der Waals surface area contributed by atoms with Crippen LogP contribution in [-0.4, -0.2) is 76.3 Å². The van der Waals surface area contributed by atoms with E-state index in [0.29, 0.717) is 23.3 Å². The third-order valence-electron chi connectivity index (χ3n) is 7.23. The van der Waals surface area contributed by atoms with Crippen LogP contribution < -0.4 is 20.1 Å². The Bertz CT molecular complexity index is 1130. The van der Waals surface area contributed by atoms with E-state index in [-0.39, 0.29) is 12.0 Å². The minimum absolute atomic E-state index is 0.0690. The lowest BCUT2D eigenvalue weighted by molar-refractivity contribution is 0.150. The minimum Gasteiger partial charge on any atom is -0.495 e. The second-order valence-electron chi connectivity index (χ2n) is 9.59. The van der Waals surface area contributed by atoms with Crippen molar-refractivity contribution in [3.63, 3.8) is 0 Å². The average molecular weight is 553 g/mol. The molecule has 1 aromatic heterocycles. The summed E-state index contributed by atoms with van der Waals surface area (Å²) in [4.78, 5) is 11.5. The van der Waals surface area contributed by atoms with E-state index in [2.05, 4.69) is 42.4 Å². The van der Waals surface area contributed by atoms with Crippen molar-refractivity contribution in [1.29, 1.82) is 0 Å². The molecule has 37 heavy (non-hydrogen) atoms. The number of ether oxygens (including phenoxy) is 2. The number of hydrogen-bond acceptors (Lipinski definition) is 9. The van der Waals surface area contributed by atoms with Crippen molar-refractivity contribution in [2.24, 2.45) is 5.92 Å². The maximum atomic E-state index is 11.0. The summed E-state index contributed by atoms with van der Waals surface area (Å²) >= 11 is 6.45. The van der Waals surface area contributed by atoms with Gasteiger partial charge in [-0.2, -0.15) is 4.98 Å². The van der Waals surface area contributed by atoms with Crippen LogP contribution in [0.5, 0.6) is 5.75 Å². The molecule has 0 unspecified atom stereocenters. The molecule has 1 aliphatic carbocycles. The Balaban J connectivity index is 1.49. The van der Waals surface area contributed by atoms with Crippen molar-refractivity contribution in [3.05, 3.63) is 34.5 Å². The van der Waals surface area contributed by atoms with Crippen molar-refractivity contribution in [2.45, 2.75) is 44.6 Å². The summed E-state index contributed by atoms with van der Waals surface area (Å²) in [6, 6.07) is 4.30. The first-order chi connectivity index (χ1) is 18.0. The number of anilines is 3. The zero-order chi connectivity index (χ0) is 26.2. The third kappa shape index (κ3) is 7.67. The Morgan fingerprint density at radius 3 is 2.62 bits per heavy atom.